The maximum atomic E-state index is 12.3. The molecule has 1 spiro atoms. The van der Waals surface area contributed by atoms with Gasteiger partial charge in [0.1, 0.15) is 0 Å². The maximum Gasteiger partial charge on any atom is 0.309 e. The van der Waals surface area contributed by atoms with Gasteiger partial charge in [0, 0.05) is 12.8 Å². The third-order valence-electron chi connectivity index (χ3n) is 5.03. The van der Waals surface area contributed by atoms with Crippen LogP contribution in [0, 0.1) is 11.8 Å². The summed E-state index contributed by atoms with van der Waals surface area (Å²) in [5, 5.41) is 0. The first kappa shape index (κ1) is 16.5. The monoisotopic (exact) mass is 318 g/mol. The Morgan fingerprint density at radius 2 is 2.00 bits per heavy atom. The zero-order valence-electron chi connectivity index (χ0n) is 13.8. The van der Waals surface area contributed by atoms with E-state index in [0.717, 1.165) is 32.1 Å². The second-order valence-corrected chi connectivity index (χ2v) is 6.49. The lowest BCUT2D eigenvalue weighted by Gasteiger charge is -2.40. The Bertz CT molecular complexity index is 507. The van der Waals surface area contributed by atoms with E-state index in [0.29, 0.717) is 19.8 Å². The van der Waals surface area contributed by atoms with Crippen LogP contribution in [0.3, 0.4) is 0 Å². The van der Waals surface area contributed by atoms with Gasteiger partial charge in [0.15, 0.2) is 5.79 Å². The highest BCUT2D eigenvalue weighted by atomic mass is 16.7. The fraction of sp³-hybridized carbons (Fsp3) is 0.632. The van der Waals surface area contributed by atoms with E-state index in [2.05, 4.69) is 24.3 Å². The van der Waals surface area contributed by atoms with E-state index in [1.54, 1.807) is 0 Å². The van der Waals surface area contributed by atoms with Gasteiger partial charge in [0.25, 0.3) is 0 Å². The molecule has 4 nitrogen and oxygen atoms in total. The van der Waals surface area contributed by atoms with Crippen molar-refractivity contribution in [1.29, 1.82) is 0 Å². The molecule has 4 heteroatoms. The van der Waals surface area contributed by atoms with Gasteiger partial charge in [-0.25, -0.2) is 0 Å². The Balaban J connectivity index is 1.68. The van der Waals surface area contributed by atoms with Crippen molar-refractivity contribution in [3.8, 4) is 0 Å². The molecule has 2 atom stereocenters. The summed E-state index contributed by atoms with van der Waals surface area (Å²) in [6.45, 7) is 3.63. The number of benzene rings is 1. The zero-order chi connectivity index (χ0) is 16.1. The number of rotatable bonds is 5. The highest BCUT2D eigenvalue weighted by Gasteiger charge is 2.47. The number of ether oxygens (including phenoxy) is 3. The molecular weight excluding hydrogens is 292 g/mol. The number of carbonyl (C=O) groups is 1. The van der Waals surface area contributed by atoms with E-state index < -0.39 is 5.79 Å². The maximum absolute atomic E-state index is 12.3. The van der Waals surface area contributed by atoms with Crippen LogP contribution in [-0.4, -0.2) is 31.6 Å². The first-order valence-corrected chi connectivity index (χ1v) is 8.71. The van der Waals surface area contributed by atoms with Crippen LogP contribution in [0.5, 0.6) is 0 Å². The quantitative estimate of drug-likeness (QED) is 0.781. The minimum atomic E-state index is -0.454. The molecule has 1 heterocycles. The lowest BCUT2D eigenvalue weighted by molar-refractivity contribution is -0.200. The molecule has 0 radical (unpaired) electrons. The molecular formula is C19H26O4. The number of aryl methyl sites for hydroxylation is 1. The minimum absolute atomic E-state index is 0.0305. The van der Waals surface area contributed by atoms with E-state index in [1.165, 1.54) is 5.56 Å². The lowest BCUT2D eigenvalue weighted by Crippen LogP contribution is -2.43. The van der Waals surface area contributed by atoms with Gasteiger partial charge >= 0.3 is 5.97 Å². The molecule has 3 rings (SSSR count). The molecule has 0 unspecified atom stereocenters. The Morgan fingerprint density at radius 1 is 1.26 bits per heavy atom. The summed E-state index contributed by atoms with van der Waals surface area (Å²) < 4.78 is 17.0. The first-order chi connectivity index (χ1) is 11.2. The Hall–Kier alpha value is -1.39. The average molecular weight is 318 g/mol. The normalized spacial score (nSPS) is 26.3. The van der Waals surface area contributed by atoms with Crippen LogP contribution in [0.15, 0.2) is 30.3 Å². The second kappa shape index (κ2) is 7.45. The largest absolute Gasteiger partial charge is 0.466 e. The predicted molar refractivity (Wildman–Crippen MR) is 86.9 cm³/mol. The van der Waals surface area contributed by atoms with E-state index in [4.69, 9.17) is 14.2 Å². The molecule has 126 valence electrons. The van der Waals surface area contributed by atoms with Crippen molar-refractivity contribution in [2.75, 3.05) is 19.8 Å². The molecule has 1 saturated heterocycles. The molecule has 1 saturated carbocycles. The Morgan fingerprint density at radius 3 is 2.70 bits per heavy atom. The van der Waals surface area contributed by atoms with Crippen LogP contribution in [0.4, 0.5) is 0 Å². The van der Waals surface area contributed by atoms with Crippen molar-refractivity contribution in [1.82, 2.24) is 0 Å². The van der Waals surface area contributed by atoms with Gasteiger partial charge in [-0.1, -0.05) is 30.3 Å². The van der Waals surface area contributed by atoms with E-state index in [-0.39, 0.29) is 17.8 Å². The van der Waals surface area contributed by atoms with Crippen LogP contribution in [0.25, 0.3) is 0 Å². The molecule has 1 aromatic rings. The number of esters is 1. The highest BCUT2D eigenvalue weighted by molar-refractivity contribution is 5.73. The average Bonchev–Trinajstić information content (AvgIpc) is 3.02. The minimum Gasteiger partial charge on any atom is -0.466 e. The molecule has 0 bridgehead atoms. The van der Waals surface area contributed by atoms with E-state index in [9.17, 15) is 4.79 Å². The number of hydrogen-bond acceptors (Lipinski definition) is 4. The van der Waals surface area contributed by atoms with Crippen molar-refractivity contribution in [2.45, 2.75) is 44.8 Å². The van der Waals surface area contributed by atoms with Crippen molar-refractivity contribution in [3.05, 3.63) is 35.9 Å². The molecule has 0 N–H and O–H groups in total. The third-order valence-corrected chi connectivity index (χ3v) is 5.03. The van der Waals surface area contributed by atoms with Gasteiger partial charge in [-0.3, -0.25) is 4.79 Å². The standard InChI is InChI=1S/C19H26O4/c1-2-21-18(20)17-10-11-19(22-12-13-23-19)14-16(17)9-8-15-6-4-3-5-7-15/h3-7,16-17H,2,8-14H2,1H3/t16-,17-/m0/s1. The van der Waals surface area contributed by atoms with Gasteiger partial charge in [-0.2, -0.15) is 0 Å². The van der Waals surface area contributed by atoms with E-state index in [1.807, 2.05) is 13.0 Å². The van der Waals surface area contributed by atoms with E-state index >= 15 is 0 Å². The molecule has 1 aliphatic heterocycles. The summed E-state index contributed by atoms with van der Waals surface area (Å²) in [6.07, 6.45) is 4.30. The smallest absolute Gasteiger partial charge is 0.309 e. The summed E-state index contributed by atoms with van der Waals surface area (Å²) >= 11 is 0. The predicted octanol–water partition coefficient (Wildman–Crippen LogP) is 3.34. The second-order valence-electron chi connectivity index (χ2n) is 6.49. The summed E-state index contributed by atoms with van der Waals surface area (Å²) in [7, 11) is 0. The van der Waals surface area contributed by atoms with Crippen LogP contribution < -0.4 is 0 Å². The molecule has 2 aliphatic rings. The van der Waals surface area contributed by atoms with Crippen LogP contribution in [0.1, 0.15) is 38.2 Å². The van der Waals surface area contributed by atoms with Crippen LogP contribution in [0.2, 0.25) is 0 Å². The third kappa shape index (κ3) is 3.93. The fourth-order valence-electron chi connectivity index (χ4n) is 3.87. The van der Waals surface area contributed by atoms with Crippen molar-refractivity contribution in [2.24, 2.45) is 11.8 Å². The summed E-state index contributed by atoms with van der Waals surface area (Å²) in [4.78, 5) is 12.3. The summed E-state index contributed by atoms with van der Waals surface area (Å²) in [6, 6.07) is 10.4. The lowest BCUT2D eigenvalue weighted by atomic mass is 9.73. The first-order valence-electron chi connectivity index (χ1n) is 8.71. The van der Waals surface area contributed by atoms with Crippen LogP contribution >= 0.6 is 0 Å². The van der Waals surface area contributed by atoms with Gasteiger partial charge < -0.3 is 14.2 Å². The number of hydrogen-bond donors (Lipinski definition) is 0. The molecule has 2 fully saturated rings. The van der Waals surface area contributed by atoms with Crippen molar-refractivity contribution in [3.63, 3.8) is 0 Å². The van der Waals surface area contributed by atoms with Gasteiger partial charge in [0.2, 0.25) is 0 Å². The summed E-state index contributed by atoms with van der Waals surface area (Å²) in [5.41, 5.74) is 1.31. The van der Waals surface area contributed by atoms with Gasteiger partial charge in [0.05, 0.1) is 25.7 Å². The summed E-state index contributed by atoms with van der Waals surface area (Å²) in [5.74, 6) is -0.290. The fourth-order valence-corrected chi connectivity index (χ4v) is 3.87. The molecule has 1 aromatic carbocycles. The Labute approximate surface area is 138 Å². The van der Waals surface area contributed by atoms with Crippen molar-refractivity contribution < 1.29 is 19.0 Å². The van der Waals surface area contributed by atoms with Gasteiger partial charge in [-0.15, -0.1) is 0 Å². The molecule has 0 amide bonds. The number of carbonyl (C=O) groups excluding carboxylic acids is 1. The van der Waals surface area contributed by atoms with Crippen molar-refractivity contribution >= 4 is 5.97 Å². The topological polar surface area (TPSA) is 44.8 Å². The SMILES string of the molecule is CCOC(=O)[C@H]1CCC2(C[C@@H]1CCc1ccccc1)OCCO2. The zero-order valence-corrected chi connectivity index (χ0v) is 13.8. The Kier molecular flexibility index (Phi) is 5.34. The van der Waals surface area contributed by atoms with Gasteiger partial charge in [-0.05, 0) is 37.7 Å². The molecule has 23 heavy (non-hydrogen) atoms. The molecule has 0 aromatic heterocycles. The van der Waals surface area contributed by atoms with Crippen LogP contribution in [-0.2, 0) is 25.4 Å². The highest BCUT2D eigenvalue weighted by Crippen LogP contribution is 2.43. The molecule has 1 aliphatic carbocycles.